The number of amides is 2. The number of nitrogens with zero attached hydrogens (tertiary/aromatic N) is 3. The molecule has 2 amide bonds. The van der Waals surface area contributed by atoms with Crippen molar-refractivity contribution < 1.29 is 28.6 Å². The van der Waals surface area contributed by atoms with Crippen LogP contribution in [0.4, 0.5) is 5.69 Å². The predicted molar refractivity (Wildman–Crippen MR) is 121 cm³/mol. The summed E-state index contributed by atoms with van der Waals surface area (Å²) in [5, 5.41) is 7.14. The maximum absolute atomic E-state index is 13.6. The minimum atomic E-state index is -1.29. The van der Waals surface area contributed by atoms with Crippen molar-refractivity contribution in [3.63, 3.8) is 0 Å². The van der Waals surface area contributed by atoms with Crippen LogP contribution in [-0.2, 0) is 20.8 Å². The highest BCUT2D eigenvalue weighted by Gasteiger charge is 2.49. The van der Waals surface area contributed by atoms with Crippen molar-refractivity contribution in [1.82, 2.24) is 15.1 Å². The number of anilines is 1. The average molecular weight is 459 g/mol. The van der Waals surface area contributed by atoms with E-state index in [1.54, 1.807) is 45.2 Å². The molecule has 10 heteroatoms. The number of benzene rings is 1. The fourth-order valence-electron chi connectivity index (χ4n) is 3.76. The average Bonchev–Trinajstić information content (AvgIpc) is 3.22. The Morgan fingerprint density at radius 3 is 2.55 bits per heavy atom. The van der Waals surface area contributed by atoms with Crippen molar-refractivity contribution in [2.24, 2.45) is 0 Å². The fraction of sp³-hybridized carbons (Fsp3) is 0.478. The highest BCUT2D eigenvalue weighted by Crippen LogP contribution is 2.33. The molecule has 0 bridgehead atoms. The molecule has 0 saturated carbocycles. The number of hydrogen-bond acceptors (Lipinski definition) is 7. The third-order valence-corrected chi connectivity index (χ3v) is 5.34. The number of aromatic nitrogens is 2. The van der Waals surface area contributed by atoms with Crippen LogP contribution in [0.25, 0.3) is 0 Å². The molecule has 0 aliphatic carbocycles. The van der Waals surface area contributed by atoms with Gasteiger partial charge in [-0.3, -0.25) is 19.2 Å². The van der Waals surface area contributed by atoms with E-state index in [2.05, 4.69) is 10.4 Å². The zero-order valence-corrected chi connectivity index (χ0v) is 19.4. The first kappa shape index (κ1) is 24.2. The molecule has 10 nitrogen and oxygen atoms in total. The molecule has 0 fully saturated rings. The number of fused-ring (bicyclic) bond motifs is 1. The summed E-state index contributed by atoms with van der Waals surface area (Å²) in [6.45, 7) is 6.93. The van der Waals surface area contributed by atoms with Crippen molar-refractivity contribution in [3.05, 3.63) is 41.7 Å². The maximum Gasteiger partial charge on any atom is 0.358 e. The Kier molecular flexibility index (Phi) is 7.70. The third-order valence-electron chi connectivity index (χ3n) is 5.34. The summed E-state index contributed by atoms with van der Waals surface area (Å²) in [4.78, 5) is 40.6. The normalized spacial score (nSPS) is 17.5. The second kappa shape index (κ2) is 10.5. The van der Waals surface area contributed by atoms with E-state index in [0.29, 0.717) is 37.6 Å². The first-order valence-electron chi connectivity index (χ1n) is 10.9. The van der Waals surface area contributed by atoms with Gasteiger partial charge in [-0.1, -0.05) is 0 Å². The number of carbonyl (C=O) groups is 3. The first-order chi connectivity index (χ1) is 15.8. The van der Waals surface area contributed by atoms with Crippen molar-refractivity contribution in [1.29, 1.82) is 0 Å². The minimum Gasteiger partial charge on any atom is -0.494 e. The van der Waals surface area contributed by atoms with Gasteiger partial charge in [0, 0.05) is 32.0 Å². The molecule has 33 heavy (non-hydrogen) atoms. The monoisotopic (exact) mass is 458 g/mol. The Bertz CT molecular complexity index is 1000. The molecular weight excluding hydrogens is 428 g/mol. The standard InChI is InChI=1S/C23H30N4O6/c1-5-32-17-10-8-16(9-11-17)27-20(28)19-14-18(21(29)33-6-2)25-26(19)15-23(27,3)22(30)24-12-7-13-31-4/h8-11,14H,5-7,12-13,15H2,1-4H3,(H,24,30)/t23-/m1/s1. The smallest absolute Gasteiger partial charge is 0.358 e. The van der Waals surface area contributed by atoms with Crippen LogP contribution < -0.4 is 15.0 Å². The van der Waals surface area contributed by atoms with Gasteiger partial charge in [0.2, 0.25) is 5.91 Å². The van der Waals surface area contributed by atoms with Crippen LogP contribution in [-0.4, -0.2) is 66.6 Å². The lowest BCUT2D eigenvalue weighted by Gasteiger charge is -2.43. The van der Waals surface area contributed by atoms with E-state index in [1.165, 1.54) is 15.6 Å². The maximum atomic E-state index is 13.6. The molecule has 1 aliphatic rings. The van der Waals surface area contributed by atoms with E-state index in [4.69, 9.17) is 14.2 Å². The number of rotatable bonds is 10. The van der Waals surface area contributed by atoms with Crippen LogP contribution in [0.2, 0.25) is 0 Å². The molecule has 0 spiro atoms. The molecule has 2 aromatic rings. The summed E-state index contributed by atoms with van der Waals surface area (Å²) in [5.41, 5.74) is -0.529. The molecule has 1 aliphatic heterocycles. The third kappa shape index (κ3) is 5.00. The predicted octanol–water partition coefficient (Wildman–Crippen LogP) is 2.03. The number of hydrogen-bond donors (Lipinski definition) is 1. The van der Waals surface area contributed by atoms with Gasteiger partial charge in [0.1, 0.15) is 17.0 Å². The van der Waals surface area contributed by atoms with Gasteiger partial charge in [0.25, 0.3) is 5.91 Å². The lowest BCUT2D eigenvalue weighted by molar-refractivity contribution is -0.126. The molecule has 0 unspecified atom stereocenters. The lowest BCUT2D eigenvalue weighted by atomic mass is 9.94. The quantitative estimate of drug-likeness (QED) is 0.428. The molecule has 0 radical (unpaired) electrons. The number of ether oxygens (including phenoxy) is 3. The molecular formula is C23H30N4O6. The van der Waals surface area contributed by atoms with E-state index in [1.807, 2.05) is 6.92 Å². The SMILES string of the molecule is CCOC(=O)c1cc2n(n1)C[C@](C)(C(=O)NCCCOC)N(c1ccc(OCC)cc1)C2=O. The fourth-order valence-corrected chi connectivity index (χ4v) is 3.76. The van der Waals surface area contributed by atoms with Crippen LogP contribution in [0.1, 0.15) is 48.2 Å². The Morgan fingerprint density at radius 1 is 1.18 bits per heavy atom. The molecule has 0 saturated heterocycles. The number of nitrogens with one attached hydrogen (secondary N) is 1. The lowest BCUT2D eigenvalue weighted by Crippen LogP contribution is -2.64. The summed E-state index contributed by atoms with van der Waals surface area (Å²) in [6.07, 6.45) is 0.634. The zero-order valence-electron chi connectivity index (χ0n) is 19.4. The number of esters is 1. The van der Waals surface area contributed by atoms with Gasteiger partial charge in [-0.25, -0.2) is 4.79 Å². The van der Waals surface area contributed by atoms with E-state index in [0.717, 1.165) is 0 Å². The van der Waals surface area contributed by atoms with Gasteiger partial charge in [-0.15, -0.1) is 0 Å². The Hall–Kier alpha value is -3.40. The number of methoxy groups -OCH3 is 1. The van der Waals surface area contributed by atoms with Gasteiger partial charge >= 0.3 is 5.97 Å². The Balaban J connectivity index is 1.99. The molecule has 3 rings (SSSR count). The summed E-state index contributed by atoms with van der Waals surface area (Å²) in [5.74, 6) is -0.737. The van der Waals surface area contributed by atoms with Crippen LogP contribution in [0.15, 0.2) is 30.3 Å². The highest BCUT2D eigenvalue weighted by atomic mass is 16.5. The zero-order chi connectivity index (χ0) is 24.0. The van der Waals surface area contributed by atoms with Crippen LogP contribution >= 0.6 is 0 Å². The second-order valence-electron chi connectivity index (χ2n) is 7.74. The summed E-state index contributed by atoms with van der Waals surface area (Å²) < 4.78 is 17.0. The largest absolute Gasteiger partial charge is 0.494 e. The molecule has 2 heterocycles. The van der Waals surface area contributed by atoms with Crippen LogP contribution in [0, 0.1) is 0 Å². The van der Waals surface area contributed by atoms with E-state index < -0.39 is 17.4 Å². The summed E-state index contributed by atoms with van der Waals surface area (Å²) in [6, 6.07) is 8.37. The molecule has 1 aromatic carbocycles. The van der Waals surface area contributed by atoms with E-state index in [-0.39, 0.29) is 30.4 Å². The summed E-state index contributed by atoms with van der Waals surface area (Å²) in [7, 11) is 1.59. The Labute approximate surface area is 192 Å². The van der Waals surface area contributed by atoms with Gasteiger partial charge in [-0.2, -0.15) is 5.10 Å². The topological polar surface area (TPSA) is 112 Å². The van der Waals surface area contributed by atoms with Crippen molar-refractivity contribution in [3.8, 4) is 5.75 Å². The molecule has 1 atom stereocenters. The van der Waals surface area contributed by atoms with Crippen molar-refractivity contribution >= 4 is 23.5 Å². The molecule has 1 N–H and O–H groups in total. The van der Waals surface area contributed by atoms with Gasteiger partial charge in [-0.05, 0) is 51.5 Å². The highest BCUT2D eigenvalue weighted by molar-refractivity contribution is 6.12. The van der Waals surface area contributed by atoms with Crippen molar-refractivity contribution in [2.75, 3.05) is 38.4 Å². The second-order valence-corrected chi connectivity index (χ2v) is 7.74. The summed E-state index contributed by atoms with van der Waals surface area (Å²) >= 11 is 0. The van der Waals surface area contributed by atoms with E-state index in [9.17, 15) is 14.4 Å². The van der Waals surface area contributed by atoms with Gasteiger partial charge in [0.05, 0.1) is 19.8 Å². The minimum absolute atomic E-state index is 0.0246. The van der Waals surface area contributed by atoms with Crippen LogP contribution in [0.5, 0.6) is 5.75 Å². The molecule has 1 aromatic heterocycles. The van der Waals surface area contributed by atoms with Gasteiger partial charge in [0.15, 0.2) is 5.69 Å². The first-order valence-corrected chi connectivity index (χ1v) is 10.9. The molecule has 178 valence electrons. The van der Waals surface area contributed by atoms with E-state index >= 15 is 0 Å². The van der Waals surface area contributed by atoms with Crippen molar-refractivity contribution in [2.45, 2.75) is 39.3 Å². The van der Waals surface area contributed by atoms with Crippen LogP contribution in [0.3, 0.4) is 0 Å². The number of carbonyl (C=O) groups excluding carboxylic acids is 3. The Morgan fingerprint density at radius 2 is 1.91 bits per heavy atom. The van der Waals surface area contributed by atoms with Gasteiger partial charge < -0.3 is 19.5 Å².